The fraction of sp³-hybridized carbons (Fsp3) is 0.312. The molecule has 26 heavy (non-hydrogen) atoms. The molecule has 0 bridgehead atoms. The van der Waals surface area contributed by atoms with Gasteiger partial charge >= 0.3 is 0 Å². The second-order valence-corrected chi connectivity index (χ2v) is 7.26. The number of thiazole rings is 1. The van der Waals surface area contributed by atoms with Crippen LogP contribution in [-0.4, -0.2) is 42.3 Å². The van der Waals surface area contributed by atoms with Crippen LogP contribution in [0, 0.1) is 6.92 Å². The Labute approximate surface area is 165 Å². The van der Waals surface area contributed by atoms with E-state index >= 15 is 0 Å². The summed E-state index contributed by atoms with van der Waals surface area (Å²) in [5.41, 5.74) is 7.24. The number of carbonyl (C=O) groups is 1. The van der Waals surface area contributed by atoms with Gasteiger partial charge in [-0.05, 0) is 36.8 Å². The third-order valence-electron chi connectivity index (χ3n) is 3.73. The molecule has 0 saturated carbocycles. The monoisotopic (exact) mass is 411 g/mol. The number of benzene rings is 1. The number of rotatable bonds is 3. The summed E-state index contributed by atoms with van der Waals surface area (Å²) in [6.07, 6.45) is 0. The van der Waals surface area contributed by atoms with Crippen LogP contribution in [0.25, 0.3) is 0 Å². The first-order valence-electron chi connectivity index (χ1n) is 7.94. The number of anilines is 2. The smallest absolute Gasteiger partial charge is 0.289 e. The van der Waals surface area contributed by atoms with Gasteiger partial charge < -0.3 is 15.0 Å². The number of amides is 1. The van der Waals surface area contributed by atoms with Gasteiger partial charge in [0.15, 0.2) is 10.2 Å². The topological polar surface area (TPSA) is 78.5 Å². The van der Waals surface area contributed by atoms with E-state index in [2.05, 4.69) is 26.1 Å². The molecule has 0 spiro atoms. The van der Waals surface area contributed by atoms with E-state index in [1.54, 1.807) is 11.4 Å². The molecular weight excluding hydrogens is 394 g/mol. The zero-order valence-corrected chi connectivity index (χ0v) is 16.4. The molecule has 1 aromatic carbocycles. The third kappa shape index (κ3) is 4.82. The molecule has 1 amide bonds. The van der Waals surface area contributed by atoms with Crippen LogP contribution in [-0.2, 0) is 4.74 Å². The Kier molecular flexibility index (Phi) is 6.25. The van der Waals surface area contributed by atoms with Crippen LogP contribution in [0.4, 0.5) is 10.8 Å². The van der Waals surface area contributed by atoms with Crippen LogP contribution in [0.2, 0.25) is 5.02 Å². The molecule has 1 aromatic heterocycles. The van der Waals surface area contributed by atoms with Crippen LogP contribution >= 0.6 is 35.2 Å². The first-order valence-corrected chi connectivity index (χ1v) is 9.61. The van der Waals surface area contributed by atoms with Crippen LogP contribution in [0.5, 0.6) is 0 Å². The Morgan fingerprint density at radius 1 is 1.35 bits per heavy atom. The van der Waals surface area contributed by atoms with Crippen molar-refractivity contribution in [2.75, 3.05) is 36.5 Å². The number of morpholine rings is 1. The summed E-state index contributed by atoms with van der Waals surface area (Å²) in [5.74, 6) is -0.355. The number of thiocarbonyl (C=S) groups is 1. The Balaban J connectivity index is 1.51. The number of nitrogens with zero attached hydrogens (tertiary/aromatic N) is 2. The lowest BCUT2D eigenvalue weighted by Crippen LogP contribution is -2.44. The zero-order chi connectivity index (χ0) is 18.5. The molecule has 1 aliphatic heterocycles. The first-order chi connectivity index (χ1) is 12.5. The number of halogens is 1. The number of hydrogen-bond donors (Lipinski definition) is 3. The van der Waals surface area contributed by atoms with Gasteiger partial charge in [0.1, 0.15) is 5.69 Å². The summed E-state index contributed by atoms with van der Waals surface area (Å²) < 4.78 is 5.32. The second-order valence-electron chi connectivity index (χ2n) is 5.61. The standard InChI is InChI=1S/C16H18ClN5O2S2/c1-10-2-3-11(8-12(10)17)18-15(25)21-20-14(23)13-9-26-16(19-13)22-4-6-24-7-5-22/h2-3,8-9H,4-7H2,1H3,(H,20,23)(H2,18,21,25). The van der Waals surface area contributed by atoms with E-state index in [-0.39, 0.29) is 11.0 Å². The molecule has 0 aliphatic carbocycles. The van der Waals surface area contributed by atoms with Crippen LogP contribution in [0.1, 0.15) is 16.1 Å². The molecule has 0 atom stereocenters. The van der Waals surface area contributed by atoms with Crippen molar-refractivity contribution in [3.8, 4) is 0 Å². The predicted molar refractivity (Wildman–Crippen MR) is 108 cm³/mol. The minimum absolute atomic E-state index is 0.252. The number of hydrazine groups is 1. The Morgan fingerprint density at radius 3 is 2.85 bits per heavy atom. The summed E-state index contributed by atoms with van der Waals surface area (Å²) >= 11 is 12.7. The van der Waals surface area contributed by atoms with Gasteiger partial charge in [0.25, 0.3) is 5.91 Å². The molecule has 0 unspecified atom stereocenters. The minimum atomic E-state index is -0.355. The molecule has 2 aromatic rings. The van der Waals surface area contributed by atoms with E-state index in [1.165, 1.54) is 11.3 Å². The van der Waals surface area contributed by atoms with Gasteiger partial charge in [-0.3, -0.25) is 15.6 Å². The predicted octanol–water partition coefficient (Wildman–Crippen LogP) is 2.57. The largest absolute Gasteiger partial charge is 0.378 e. The maximum atomic E-state index is 12.2. The van der Waals surface area contributed by atoms with E-state index in [0.717, 1.165) is 29.5 Å². The van der Waals surface area contributed by atoms with Crippen LogP contribution in [0.3, 0.4) is 0 Å². The molecule has 1 saturated heterocycles. The highest BCUT2D eigenvalue weighted by atomic mass is 35.5. The molecular formula is C16H18ClN5O2S2. The molecule has 1 aliphatic rings. The van der Waals surface area contributed by atoms with Crippen molar-refractivity contribution < 1.29 is 9.53 Å². The maximum absolute atomic E-state index is 12.2. The number of carbonyl (C=O) groups excluding carboxylic acids is 1. The van der Waals surface area contributed by atoms with Crippen molar-refractivity contribution in [2.24, 2.45) is 0 Å². The normalized spacial score (nSPS) is 14.0. The third-order valence-corrected chi connectivity index (χ3v) is 5.24. The van der Waals surface area contributed by atoms with E-state index in [1.807, 2.05) is 19.1 Å². The van der Waals surface area contributed by atoms with E-state index in [0.29, 0.717) is 23.9 Å². The summed E-state index contributed by atoms with van der Waals surface area (Å²) in [6.45, 7) is 4.82. The minimum Gasteiger partial charge on any atom is -0.378 e. The molecule has 2 heterocycles. The van der Waals surface area contributed by atoms with Crippen molar-refractivity contribution >= 4 is 57.0 Å². The summed E-state index contributed by atoms with van der Waals surface area (Å²) in [5, 5.41) is 6.38. The van der Waals surface area contributed by atoms with Gasteiger partial charge in [-0.1, -0.05) is 17.7 Å². The van der Waals surface area contributed by atoms with Crippen molar-refractivity contribution in [1.82, 2.24) is 15.8 Å². The zero-order valence-electron chi connectivity index (χ0n) is 14.0. The molecule has 0 radical (unpaired) electrons. The molecule has 138 valence electrons. The van der Waals surface area contributed by atoms with E-state index < -0.39 is 0 Å². The Morgan fingerprint density at radius 2 is 2.12 bits per heavy atom. The van der Waals surface area contributed by atoms with Gasteiger partial charge in [0.2, 0.25) is 0 Å². The molecule has 7 nitrogen and oxygen atoms in total. The van der Waals surface area contributed by atoms with Gasteiger partial charge in [-0.25, -0.2) is 4.98 Å². The second kappa shape index (κ2) is 8.63. The van der Waals surface area contributed by atoms with Crippen molar-refractivity contribution in [3.63, 3.8) is 0 Å². The Hall–Kier alpha value is -1.94. The van der Waals surface area contributed by atoms with Gasteiger partial charge in [0, 0.05) is 29.2 Å². The first kappa shape index (κ1) is 18.8. The average Bonchev–Trinajstić information content (AvgIpc) is 3.14. The maximum Gasteiger partial charge on any atom is 0.289 e. The fourth-order valence-corrected chi connectivity index (χ4v) is 3.49. The highest BCUT2D eigenvalue weighted by molar-refractivity contribution is 7.80. The fourth-order valence-electron chi connectivity index (χ4n) is 2.28. The number of nitrogens with one attached hydrogen (secondary N) is 3. The van der Waals surface area contributed by atoms with Crippen molar-refractivity contribution in [2.45, 2.75) is 6.92 Å². The number of aryl methyl sites for hydroxylation is 1. The van der Waals surface area contributed by atoms with Gasteiger partial charge in [0.05, 0.1) is 13.2 Å². The van der Waals surface area contributed by atoms with Crippen LogP contribution < -0.4 is 21.1 Å². The van der Waals surface area contributed by atoms with E-state index in [9.17, 15) is 4.79 Å². The van der Waals surface area contributed by atoms with Crippen molar-refractivity contribution in [1.29, 1.82) is 0 Å². The van der Waals surface area contributed by atoms with Crippen LogP contribution in [0.15, 0.2) is 23.6 Å². The van der Waals surface area contributed by atoms with E-state index in [4.69, 9.17) is 28.6 Å². The quantitative estimate of drug-likeness (QED) is 0.529. The highest BCUT2D eigenvalue weighted by Crippen LogP contribution is 2.21. The molecule has 3 N–H and O–H groups in total. The number of hydrogen-bond acceptors (Lipinski definition) is 6. The number of ether oxygens (including phenoxy) is 1. The molecule has 1 fully saturated rings. The average molecular weight is 412 g/mol. The summed E-state index contributed by atoms with van der Waals surface area (Å²) in [7, 11) is 0. The summed E-state index contributed by atoms with van der Waals surface area (Å²) in [6, 6.07) is 5.50. The van der Waals surface area contributed by atoms with Gasteiger partial charge in [-0.15, -0.1) is 11.3 Å². The Bertz CT molecular complexity index is 808. The highest BCUT2D eigenvalue weighted by Gasteiger charge is 2.17. The molecule has 10 heteroatoms. The summed E-state index contributed by atoms with van der Waals surface area (Å²) in [4.78, 5) is 18.7. The lowest BCUT2D eigenvalue weighted by molar-refractivity contribution is 0.0940. The lowest BCUT2D eigenvalue weighted by Gasteiger charge is -2.25. The number of aromatic nitrogens is 1. The van der Waals surface area contributed by atoms with Gasteiger partial charge in [-0.2, -0.15) is 0 Å². The van der Waals surface area contributed by atoms with Crippen molar-refractivity contribution in [3.05, 3.63) is 39.9 Å². The lowest BCUT2D eigenvalue weighted by atomic mass is 10.2. The molecule has 3 rings (SSSR count). The SMILES string of the molecule is Cc1ccc(NC(=S)NNC(=O)c2csc(N3CCOCC3)n2)cc1Cl.